The van der Waals surface area contributed by atoms with Gasteiger partial charge in [0, 0.05) is 18.3 Å². The Morgan fingerprint density at radius 3 is 1.94 bits per heavy atom. The number of para-hydroxylation sites is 1. The van der Waals surface area contributed by atoms with Crippen molar-refractivity contribution in [2.24, 2.45) is 0 Å². The lowest BCUT2D eigenvalue weighted by atomic mass is 10.1. The Morgan fingerprint density at radius 2 is 1.34 bits per heavy atom. The molecule has 32 heavy (non-hydrogen) atoms. The van der Waals surface area contributed by atoms with Gasteiger partial charge in [-0.1, -0.05) is 96.0 Å². The first-order chi connectivity index (χ1) is 15.4. The molecule has 0 amide bonds. The van der Waals surface area contributed by atoms with E-state index in [2.05, 4.69) is 124 Å². The molecule has 0 unspecified atom stereocenters. The number of hydrogen-bond donors (Lipinski definition) is 0. The van der Waals surface area contributed by atoms with Crippen molar-refractivity contribution >= 4 is 19.6 Å². The van der Waals surface area contributed by atoms with Crippen molar-refractivity contribution in [2.45, 2.75) is 64.7 Å². The number of benzene rings is 2. The second-order valence-electron chi connectivity index (χ2n) is 9.42. The summed E-state index contributed by atoms with van der Waals surface area (Å²) in [4.78, 5) is 6.95. The lowest BCUT2D eigenvalue weighted by Crippen LogP contribution is -2.43. The molecule has 0 radical (unpaired) electrons. The van der Waals surface area contributed by atoms with Crippen LogP contribution in [0.4, 0.5) is 11.5 Å². The van der Waals surface area contributed by atoms with Gasteiger partial charge in [0.25, 0.3) is 0 Å². The molecule has 166 valence electrons. The molecular formula is C29H36N2Si. The van der Waals surface area contributed by atoms with Crippen molar-refractivity contribution in [2.75, 3.05) is 4.90 Å². The third-order valence-corrected chi connectivity index (χ3v) is 12.9. The maximum Gasteiger partial charge on any atom is 0.146 e. The minimum atomic E-state index is -1.82. The molecule has 2 nitrogen and oxygen atoms in total. The molecule has 3 rings (SSSR count). The van der Waals surface area contributed by atoms with Crippen LogP contribution in [0.15, 0.2) is 79.0 Å². The zero-order valence-corrected chi connectivity index (χ0v) is 21.3. The molecule has 0 saturated heterocycles. The Bertz CT molecular complexity index is 1020. The highest BCUT2D eigenvalue weighted by Gasteiger charge is 2.41. The highest BCUT2D eigenvalue weighted by atomic mass is 28.3. The zero-order chi connectivity index (χ0) is 23.1. The van der Waals surface area contributed by atoms with E-state index in [1.807, 2.05) is 18.3 Å². The molecule has 0 N–H and O–H groups in total. The van der Waals surface area contributed by atoms with Gasteiger partial charge < -0.3 is 4.90 Å². The van der Waals surface area contributed by atoms with Gasteiger partial charge in [-0.2, -0.15) is 0 Å². The Labute approximate surface area is 195 Å². The van der Waals surface area contributed by atoms with Crippen molar-refractivity contribution in [1.29, 1.82) is 0 Å². The fourth-order valence-electron chi connectivity index (χ4n) is 4.99. The monoisotopic (exact) mass is 440 g/mol. The molecule has 1 aromatic heterocycles. The second kappa shape index (κ2) is 10.7. The van der Waals surface area contributed by atoms with Crippen LogP contribution in [-0.2, 0) is 6.54 Å². The lowest BCUT2D eigenvalue weighted by Gasteiger charge is -2.38. The van der Waals surface area contributed by atoms with Gasteiger partial charge in [-0.3, -0.25) is 0 Å². The van der Waals surface area contributed by atoms with Crippen molar-refractivity contribution < 1.29 is 0 Å². The first-order valence-corrected chi connectivity index (χ1v) is 13.9. The molecular weight excluding hydrogens is 404 g/mol. The normalized spacial score (nSPS) is 11.5. The van der Waals surface area contributed by atoms with Crippen molar-refractivity contribution in [3.05, 3.63) is 90.1 Å². The Balaban J connectivity index is 2.12. The highest BCUT2D eigenvalue weighted by molar-refractivity contribution is 6.90. The first kappa shape index (κ1) is 23.8. The molecule has 0 atom stereocenters. The summed E-state index contributed by atoms with van der Waals surface area (Å²) in [6.45, 7) is 14.9. The van der Waals surface area contributed by atoms with E-state index in [1.165, 1.54) is 5.56 Å². The van der Waals surface area contributed by atoms with Gasteiger partial charge in [0.2, 0.25) is 0 Å². The first-order valence-electron chi connectivity index (χ1n) is 11.7. The molecule has 0 aliphatic carbocycles. The number of nitrogens with zero attached hydrogens (tertiary/aromatic N) is 2. The number of pyridine rings is 1. The molecule has 0 saturated carbocycles. The zero-order valence-electron chi connectivity index (χ0n) is 20.3. The summed E-state index contributed by atoms with van der Waals surface area (Å²) < 4.78 is 0. The van der Waals surface area contributed by atoms with Gasteiger partial charge in [0.05, 0.1) is 5.69 Å². The van der Waals surface area contributed by atoms with Gasteiger partial charge >= 0.3 is 0 Å². The number of anilines is 2. The summed E-state index contributed by atoms with van der Waals surface area (Å²) in [5.41, 5.74) is 9.17. The smallest absolute Gasteiger partial charge is 0.146 e. The standard InChI is InChI=1S/C29H36N2Si/c1-23(2)32(24(3)4,25(5)6)21-19-27-16-10-11-17-28(27)31(29-18-12-13-20-30-29)22-26-14-8-7-9-15-26/h7-18,20,23-25H,22H2,1-6H3. The van der Waals surface area contributed by atoms with E-state index in [0.717, 1.165) is 23.6 Å². The quantitative estimate of drug-likeness (QED) is 0.273. The van der Waals surface area contributed by atoms with Crippen LogP contribution in [-0.4, -0.2) is 13.1 Å². The molecule has 0 aliphatic rings. The maximum absolute atomic E-state index is 4.67. The number of hydrogen-bond acceptors (Lipinski definition) is 2. The molecule has 3 heteroatoms. The van der Waals surface area contributed by atoms with Gasteiger partial charge in [0.1, 0.15) is 13.9 Å². The van der Waals surface area contributed by atoms with Crippen LogP contribution < -0.4 is 4.90 Å². The summed E-state index contributed by atoms with van der Waals surface area (Å²) >= 11 is 0. The summed E-state index contributed by atoms with van der Waals surface area (Å²) in [6, 6.07) is 25.2. The molecule has 0 spiro atoms. The van der Waals surface area contributed by atoms with E-state index >= 15 is 0 Å². The molecule has 3 aromatic rings. The average molecular weight is 441 g/mol. The van der Waals surface area contributed by atoms with E-state index in [1.54, 1.807) is 0 Å². The fraction of sp³-hybridized carbons (Fsp3) is 0.345. The molecule has 2 aromatic carbocycles. The van der Waals surface area contributed by atoms with Crippen LogP contribution >= 0.6 is 0 Å². The minimum absolute atomic E-state index is 0.610. The number of aromatic nitrogens is 1. The van der Waals surface area contributed by atoms with Crippen molar-refractivity contribution in [3.63, 3.8) is 0 Å². The average Bonchev–Trinajstić information content (AvgIpc) is 2.79. The summed E-state index contributed by atoms with van der Waals surface area (Å²) in [6.07, 6.45) is 1.86. The lowest BCUT2D eigenvalue weighted by molar-refractivity contribution is 0.838. The summed E-state index contributed by atoms with van der Waals surface area (Å²) in [7, 11) is -1.82. The predicted octanol–water partition coefficient (Wildman–Crippen LogP) is 7.99. The Hall–Kier alpha value is -2.83. The minimum Gasteiger partial charge on any atom is -0.321 e. The second-order valence-corrected chi connectivity index (χ2v) is 15.0. The molecule has 1 heterocycles. The summed E-state index contributed by atoms with van der Waals surface area (Å²) in [5, 5.41) is 0. The fourth-order valence-corrected chi connectivity index (χ4v) is 10.2. The topological polar surface area (TPSA) is 16.1 Å². The van der Waals surface area contributed by atoms with E-state index in [9.17, 15) is 0 Å². The van der Waals surface area contributed by atoms with Crippen molar-refractivity contribution in [1.82, 2.24) is 4.98 Å². The third-order valence-electron chi connectivity index (χ3n) is 6.58. The van der Waals surface area contributed by atoms with Crippen LogP contribution in [0.25, 0.3) is 0 Å². The molecule has 0 fully saturated rings. The number of rotatable bonds is 7. The van der Waals surface area contributed by atoms with Crippen LogP contribution in [0.2, 0.25) is 16.6 Å². The van der Waals surface area contributed by atoms with Crippen LogP contribution in [0.3, 0.4) is 0 Å². The third kappa shape index (κ3) is 5.14. The van der Waals surface area contributed by atoms with Crippen LogP contribution in [0.1, 0.15) is 52.7 Å². The van der Waals surface area contributed by atoms with E-state index in [0.29, 0.717) is 16.6 Å². The highest BCUT2D eigenvalue weighted by Crippen LogP contribution is 2.41. The Kier molecular flexibility index (Phi) is 7.93. The molecule has 0 aliphatic heterocycles. The van der Waals surface area contributed by atoms with Crippen LogP contribution in [0, 0.1) is 11.5 Å². The SMILES string of the molecule is CC(C)[Si](C#Cc1ccccc1N(Cc1ccccc1)c1ccccn1)(C(C)C)C(C)C. The van der Waals surface area contributed by atoms with E-state index in [4.69, 9.17) is 0 Å². The van der Waals surface area contributed by atoms with Gasteiger partial charge in [-0.25, -0.2) is 4.98 Å². The van der Waals surface area contributed by atoms with Gasteiger partial charge in [-0.05, 0) is 46.5 Å². The van der Waals surface area contributed by atoms with Gasteiger partial charge in [-0.15, -0.1) is 5.54 Å². The predicted molar refractivity (Wildman–Crippen MR) is 141 cm³/mol. The molecule has 0 bridgehead atoms. The largest absolute Gasteiger partial charge is 0.321 e. The van der Waals surface area contributed by atoms with Crippen LogP contribution in [0.5, 0.6) is 0 Å². The van der Waals surface area contributed by atoms with E-state index in [-0.39, 0.29) is 0 Å². The van der Waals surface area contributed by atoms with E-state index < -0.39 is 8.07 Å². The van der Waals surface area contributed by atoms with Gasteiger partial charge in [0.15, 0.2) is 0 Å². The van der Waals surface area contributed by atoms with Crippen molar-refractivity contribution in [3.8, 4) is 11.5 Å². The summed E-state index contributed by atoms with van der Waals surface area (Å²) in [5.74, 6) is 4.61. The maximum atomic E-state index is 4.67. The Morgan fingerprint density at radius 1 is 0.750 bits per heavy atom.